The molecule has 1 amide bonds. The molecule has 0 saturated heterocycles. The lowest BCUT2D eigenvalue weighted by Crippen LogP contribution is -2.37. The quantitative estimate of drug-likeness (QED) is 0.520. The molecule has 6 rings (SSSR count). The van der Waals surface area contributed by atoms with E-state index in [1.54, 1.807) is 30.7 Å². The van der Waals surface area contributed by atoms with Crippen LogP contribution in [-0.4, -0.2) is 37.8 Å². The van der Waals surface area contributed by atoms with E-state index in [1.165, 1.54) is 0 Å². The van der Waals surface area contributed by atoms with Crippen molar-refractivity contribution in [2.24, 2.45) is 0 Å². The third kappa shape index (κ3) is 2.70. The van der Waals surface area contributed by atoms with Crippen molar-refractivity contribution in [3.05, 3.63) is 71.5 Å². The molecule has 2 aromatic heterocycles. The van der Waals surface area contributed by atoms with E-state index in [4.69, 9.17) is 17.0 Å². The minimum Gasteiger partial charge on any atom is -0.492 e. The molecule has 0 bridgehead atoms. The Hall–Kier alpha value is -4.12. The van der Waals surface area contributed by atoms with Crippen LogP contribution >= 0.6 is 0 Å². The van der Waals surface area contributed by atoms with Crippen molar-refractivity contribution in [1.29, 1.82) is 0 Å². The van der Waals surface area contributed by atoms with E-state index in [2.05, 4.69) is 14.8 Å². The first-order chi connectivity index (χ1) is 15.1. The van der Waals surface area contributed by atoms with Gasteiger partial charge in [-0.3, -0.25) is 9.20 Å². The van der Waals surface area contributed by atoms with Gasteiger partial charge in [0.05, 0.1) is 36.2 Å². The third-order valence-electron chi connectivity index (χ3n) is 6.02. The maximum Gasteiger partial charge on any atom is 0.254 e. The second-order valence-corrected chi connectivity index (χ2v) is 7.95. The monoisotopic (exact) mass is 410 g/mol. The number of hydrogen-bond acceptors (Lipinski definition) is 5. The Morgan fingerprint density at radius 2 is 2.10 bits per heavy atom. The summed E-state index contributed by atoms with van der Waals surface area (Å²) in [4.78, 5) is 27.7. The number of hydrogen-bond donors (Lipinski definition) is 1. The molecule has 8 nitrogen and oxygen atoms in total. The number of nitrogens with two attached hydrogens (primary N) is 1. The summed E-state index contributed by atoms with van der Waals surface area (Å²) in [6.45, 7) is 7.61. The number of amides is 1. The number of benzene rings is 2. The summed E-state index contributed by atoms with van der Waals surface area (Å²) >= 11 is 0. The first-order valence-corrected chi connectivity index (χ1v) is 10.1. The van der Waals surface area contributed by atoms with Gasteiger partial charge in [-0.15, -0.1) is 0 Å². The highest BCUT2D eigenvalue weighted by atomic mass is 16.5. The molecule has 152 valence electrons. The van der Waals surface area contributed by atoms with Crippen molar-refractivity contribution in [3.63, 3.8) is 0 Å². The van der Waals surface area contributed by atoms with Crippen LogP contribution in [0.25, 0.3) is 21.4 Å². The van der Waals surface area contributed by atoms with Crippen molar-refractivity contribution in [3.8, 4) is 5.75 Å². The highest BCUT2D eigenvalue weighted by molar-refractivity contribution is 5.98. The zero-order valence-electron chi connectivity index (χ0n) is 16.5. The number of aromatic nitrogens is 3. The second kappa shape index (κ2) is 6.44. The van der Waals surface area contributed by atoms with E-state index in [0.717, 1.165) is 23.9 Å². The lowest BCUT2D eigenvalue weighted by Gasteiger charge is -2.28. The molecular formula is C23H18N6O2. The fourth-order valence-electron chi connectivity index (χ4n) is 4.35. The highest BCUT2D eigenvalue weighted by Crippen LogP contribution is 2.43. The molecule has 3 heterocycles. The van der Waals surface area contributed by atoms with Crippen LogP contribution in [-0.2, 0) is 0 Å². The topological polar surface area (TPSA) is 90.1 Å². The summed E-state index contributed by atoms with van der Waals surface area (Å²) in [6.07, 6.45) is 5.31. The smallest absolute Gasteiger partial charge is 0.254 e. The molecular weight excluding hydrogens is 392 g/mol. The number of fused-ring (bicyclic) bond motifs is 4. The van der Waals surface area contributed by atoms with E-state index >= 15 is 0 Å². The number of carbonyl (C=O) groups excluding carboxylic acids is 1. The van der Waals surface area contributed by atoms with Gasteiger partial charge in [0.15, 0.2) is 5.69 Å². The van der Waals surface area contributed by atoms with E-state index in [-0.39, 0.29) is 18.0 Å². The third-order valence-corrected chi connectivity index (χ3v) is 6.02. The minimum atomic E-state index is -0.164. The van der Waals surface area contributed by atoms with E-state index in [0.29, 0.717) is 40.5 Å². The number of ether oxygens (including phenoxy) is 1. The molecule has 2 N–H and O–H groups in total. The van der Waals surface area contributed by atoms with E-state index in [9.17, 15) is 4.79 Å². The van der Waals surface area contributed by atoms with Gasteiger partial charge in [-0.2, -0.15) is 0 Å². The molecule has 1 saturated carbocycles. The van der Waals surface area contributed by atoms with Crippen LogP contribution in [0.4, 0.5) is 11.5 Å². The second-order valence-electron chi connectivity index (χ2n) is 7.95. The van der Waals surface area contributed by atoms with Gasteiger partial charge in [0.25, 0.3) is 5.91 Å². The fourth-order valence-corrected chi connectivity index (χ4v) is 4.35. The number of imidazole rings is 1. The molecule has 2 aromatic carbocycles. The summed E-state index contributed by atoms with van der Waals surface area (Å²) in [5.41, 5.74) is 10.3. The van der Waals surface area contributed by atoms with Gasteiger partial charge in [-0.1, -0.05) is 12.1 Å². The Morgan fingerprint density at radius 1 is 1.23 bits per heavy atom. The first kappa shape index (κ1) is 17.7. The molecule has 1 aliphatic carbocycles. The molecule has 4 aromatic rings. The first-order valence-electron chi connectivity index (χ1n) is 10.1. The van der Waals surface area contributed by atoms with Gasteiger partial charge in [-0.05, 0) is 37.1 Å². The van der Waals surface area contributed by atoms with Crippen molar-refractivity contribution in [1.82, 2.24) is 19.3 Å². The molecule has 0 radical (unpaired) electrons. The van der Waals surface area contributed by atoms with Crippen molar-refractivity contribution < 1.29 is 9.53 Å². The summed E-state index contributed by atoms with van der Waals surface area (Å²) in [6, 6.07) is 10.9. The largest absolute Gasteiger partial charge is 0.492 e. The number of anilines is 1. The van der Waals surface area contributed by atoms with Gasteiger partial charge in [-0.25, -0.2) is 14.8 Å². The van der Waals surface area contributed by atoms with E-state index < -0.39 is 0 Å². The Morgan fingerprint density at radius 3 is 2.90 bits per heavy atom. The normalized spacial score (nSPS) is 17.3. The van der Waals surface area contributed by atoms with Gasteiger partial charge < -0.3 is 15.4 Å². The minimum absolute atomic E-state index is 0.0369. The van der Waals surface area contributed by atoms with Gasteiger partial charge in [0, 0.05) is 17.2 Å². The van der Waals surface area contributed by atoms with Gasteiger partial charge in [0.1, 0.15) is 23.7 Å². The summed E-state index contributed by atoms with van der Waals surface area (Å²) < 4.78 is 7.71. The zero-order chi connectivity index (χ0) is 21.1. The standard InChI is InChI=1S/C23H18N6O2/c1-25-14-3-6-16-20(11-31-21(16)9-14)29(15-4-5-15)23(30)13-2-7-17-18(8-13)28-12-26-10-19(28)22(24)27-17/h2-3,6-10,12,15,20H,4-5,11H2,(H2,24,27)/t20-/m0/s1. The Balaban J connectivity index is 1.42. The molecule has 8 heteroatoms. The lowest BCUT2D eigenvalue weighted by atomic mass is 10.0. The van der Waals surface area contributed by atoms with Crippen LogP contribution < -0.4 is 10.5 Å². The number of rotatable bonds is 3. The average molecular weight is 410 g/mol. The average Bonchev–Trinajstić information content (AvgIpc) is 3.33. The van der Waals surface area contributed by atoms with Gasteiger partial charge in [0.2, 0.25) is 0 Å². The Labute approximate surface area is 177 Å². The van der Waals surface area contributed by atoms with Crippen LogP contribution in [0.1, 0.15) is 34.8 Å². The molecule has 1 fully saturated rings. The summed E-state index contributed by atoms with van der Waals surface area (Å²) in [7, 11) is 0. The summed E-state index contributed by atoms with van der Waals surface area (Å²) in [5, 5.41) is 0. The van der Waals surface area contributed by atoms with Crippen molar-refractivity contribution in [2.45, 2.75) is 24.9 Å². The molecule has 0 spiro atoms. The predicted molar refractivity (Wildman–Crippen MR) is 115 cm³/mol. The Kier molecular flexibility index (Phi) is 3.68. The Bertz CT molecular complexity index is 1420. The van der Waals surface area contributed by atoms with Crippen LogP contribution in [0.15, 0.2) is 48.9 Å². The molecule has 0 unspecified atom stereocenters. The van der Waals surface area contributed by atoms with Crippen LogP contribution in [0.3, 0.4) is 0 Å². The zero-order valence-corrected chi connectivity index (χ0v) is 16.5. The molecule has 1 aliphatic heterocycles. The number of nitrogen functional groups attached to an aromatic ring is 1. The highest BCUT2D eigenvalue weighted by Gasteiger charge is 2.41. The van der Waals surface area contributed by atoms with E-state index in [1.807, 2.05) is 27.5 Å². The lowest BCUT2D eigenvalue weighted by molar-refractivity contribution is 0.0630. The van der Waals surface area contributed by atoms with Crippen molar-refractivity contribution >= 4 is 34.0 Å². The molecule has 31 heavy (non-hydrogen) atoms. The summed E-state index contributed by atoms with van der Waals surface area (Å²) in [5.74, 6) is 1.06. The number of carbonyl (C=O) groups is 1. The SMILES string of the molecule is [C-]#[N+]c1ccc2c(c1)OC[C@@H]2N(C(=O)c1ccc2nc(N)c3cncn3c2c1)C1CC1. The molecule has 2 aliphatic rings. The van der Waals surface area contributed by atoms with Crippen LogP contribution in [0, 0.1) is 6.57 Å². The van der Waals surface area contributed by atoms with Crippen LogP contribution in [0.2, 0.25) is 0 Å². The fraction of sp³-hybridized carbons (Fsp3) is 0.217. The predicted octanol–water partition coefficient (Wildman–Crippen LogP) is 3.75. The van der Waals surface area contributed by atoms with Crippen molar-refractivity contribution in [2.75, 3.05) is 12.3 Å². The molecule has 1 atom stereocenters. The maximum atomic E-state index is 13.7. The van der Waals surface area contributed by atoms with Gasteiger partial charge >= 0.3 is 0 Å². The maximum absolute atomic E-state index is 13.7. The number of nitrogens with zero attached hydrogens (tertiary/aromatic N) is 5. The van der Waals surface area contributed by atoms with Crippen LogP contribution in [0.5, 0.6) is 5.75 Å².